The molecule has 0 aliphatic rings. The number of benzene rings is 3. The summed E-state index contributed by atoms with van der Waals surface area (Å²) < 4.78 is 31.0. The first-order valence-corrected chi connectivity index (χ1v) is 13.6. The molecule has 2 heterocycles. The number of nitrogens with zero attached hydrogens (tertiary/aromatic N) is 3. The van der Waals surface area contributed by atoms with Crippen LogP contribution in [0, 0.1) is 0 Å². The van der Waals surface area contributed by atoms with Crippen LogP contribution in [0.4, 0.5) is 5.82 Å². The lowest BCUT2D eigenvalue weighted by atomic mass is 10.1. The quantitative estimate of drug-likeness (QED) is 0.232. The van der Waals surface area contributed by atoms with Crippen LogP contribution in [0.25, 0.3) is 27.7 Å². The van der Waals surface area contributed by atoms with E-state index in [1.807, 2.05) is 60.7 Å². The van der Waals surface area contributed by atoms with Crippen molar-refractivity contribution in [3.05, 3.63) is 88.5 Å². The maximum absolute atomic E-state index is 12.9. The van der Waals surface area contributed by atoms with Crippen LogP contribution in [0.3, 0.4) is 0 Å². The molecule has 0 fully saturated rings. The number of nitrogens with one attached hydrogen (secondary N) is 2. The van der Waals surface area contributed by atoms with Gasteiger partial charge >= 0.3 is 0 Å². The number of sulfonamides is 1. The number of hydrogen-bond acceptors (Lipinski definition) is 5. The third kappa shape index (κ3) is 4.90. The Labute approximate surface area is 216 Å². The number of rotatable bonds is 8. The van der Waals surface area contributed by atoms with Gasteiger partial charge in [0, 0.05) is 35.1 Å². The fraction of sp³-hybridized carbons (Fsp3) is 0.120. The first kappa shape index (κ1) is 23.7. The van der Waals surface area contributed by atoms with E-state index in [9.17, 15) is 8.42 Å². The summed E-state index contributed by atoms with van der Waals surface area (Å²) in [5.41, 5.74) is 2.18. The van der Waals surface area contributed by atoms with Crippen molar-refractivity contribution in [2.24, 2.45) is 0 Å². The zero-order valence-electron chi connectivity index (χ0n) is 18.4. The van der Waals surface area contributed by atoms with Gasteiger partial charge in [0.25, 0.3) is 0 Å². The van der Waals surface area contributed by atoms with Gasteiger partial charge in [0.05, 0.1) is 21.3 Å². The molecule has 0 atom stereocenters. The molecule has 3 aromatic carbocycles. The van der Waals surface area contributed by atoms with Crippen LogP contribution >= 0.6 is 27.5 Å². The molecule has 10 heteroatoms. The van der Waals surface area contributed by atoms with Crippen LogP contribution in [0.5, 0.6) is 0 Å². The molecule has 0 unspecified atom stereocenters. The minimum Gasteiger partial charge on any atom is -0.370 e. The topological polar surface area (TPSA) is 88.4 Å². The number of aromatic nitrogens is 3. The maximum atomic E-state index is 12.9. The van der Waals surface area contributed by atoms with Gasteiger partial charge in [0.15, 0.2) is 5.65 Å². The molecule has 0 saturated carbocycles. The smallest absolute Gasteiger partial charge is 0.241 e. The largest absolute Gasteiger partial charge is 0.370 e. The molecule has 5 aromatic rings. The van der Waals surface area contributed by atoms with Crippen LogP contribution < -0.4 is 10.0 Å². The second-order valence-electron chi connectivity index (χ2n) is 7.89. The molecule has 7 nitrogen and oxygen atoms in total. The fourth-order valence-corrected chi connectivity index (χ4v) is 5.77. The summed E-state index contributed by atoms with van der Waals surface area (Å²) in [6, 6.07) is 22.1. The highest BCUT2D eigenvalue weighted by Gasteiger charge is 2.17. The molecular formula is C25H21BrClN5O2S. The predicted octanol–water partition coefficient (Wildman–Crippen LogP) is 5.75. The molecule has 5 rings (SSSR count). The SMILES string of the molecule is O=S(=O)(NCCCNc1cc(-c2ccccc2Cl)nc2c(Br)cnn12)c1cccc2ccccc12. The molecule has 0 saturated heterocycles. The molecule has 0 aliphatic carbocycles. The molecule has 0 amide bonds. The lowest BCUT2D eigenvalue weighted by Crippen LogP contribution is -2.26. The van der Waals surface area contributed by atoms with Crippen LogP contribution in [0.2, 0.25) is 5.02 Å². The molecule has 0 spiro atoms. The van der Waals surface area contributed by atoms with E-state index in [1.54, 1.807) is 22.8 Å². The third-order valence-corrected chi connectivity index (χ3v) is 7.98. The van der Waals surface area contributed by atoms with E-state index in [4.69, 9.17) is 16.6 Å². The van der Waals surface area contributed by atoms with Crippen molar-refractivity contribution >= 4 is 59.8 Å². The van der Waals surface area contributed by atoms with Gasteiger partial charge in [-0.1, -0.05) is 66.2 Å². The number of hydrogen-bond donors (Lipinski definition) is 2. The summed E-state index contributed by atoms with van der Waals surface area (Å²) in [4.78, 5) is 4.98. The average Bonchev–Trinajstić information content (AvgIpc) is 3.24. The van der Waals surface area contributed by atoms with E-state index >= 15 is 0 Å². The molecular weight excluding hydrogens is 550 g/mol. The molecule has 0 radical (unpaired) electrons. The summed E-state index contributed by atoms with van der Waals surface area (Å²) in [6.45, 7) is 0.809. The normalized spacial score (nSPS) is 11.8. The zero-order valence-corrected chi connectivity index (χ0v) is 21.6. The van der Waals surface area contributed by atoms with Crippen molar-refractivity contribution in [2.45, 2.75) is 11.3 Å². The van der Waals surface area contributed by atoms with Crippen molar-refractivity contribution in [3.63, 3.8) is 0 Å². The highest BCUT2D eigenvalue weighted by molar-refractivity contribution is 9.10. The molecule has 0 bridgehead atoms. The number of fused-ring (bicyclic) bond motifs is 2. The average molecular weight is 571 g/mol. The van der Waals surface area contributed by atoms with Crippen molar-refractivity contribution in [1.82, 2.24) is 19.3 Å². The molecule has 0 aliphatic heterocycles. The van der Waals surface area contributed by atoms with Crippen LogP contribution in [-0.2, 0) is 10.0 Å². The standard InChI is InChI=1S/C25H21BrClN5O2S/c26-20-16-29-32-24(15-22(31-25(20)32)19-10-3-4-11-21(19)27)28-13-6-14-30-35(33,34)23-12-5-8-17-7-1-2-9-18(17)23/h1-5,7-12,15-16,28,30H,6,13-14H2. The van der Waals surface area contributed by atoms with E-state index in [-0.39, 0.29) is 11.4 Å². The second-order valence-corrected chi connectivity index (χ2v) is 10.9. The van der Waals surface area contributed by atoms with E-state index in [1.165, 1.54) is 0 Å². The van der Waals surface area contributed by atoms with Crippen molar-refractivity contribution in [1.29, 1.82) is 0 Å². The van der Waals surface area contributed by atoms with Gasteiger partial charge in [-0.15, -0.1) is 0 Å². The first-order valence-electron chi connectivity index (χ1n) is 10.9. The van der Waals surface area contributed by atoms with Crippen LogP contribution in [-0.4, -0.2) is 36.1 Å². The molecule has 2 aromatic heterocycles. The Kier molecular flexibility index (Phi) is 6.75. The van der Waals surface area contributed by atoms with Crippen LogP contribution in [0.1, 0.15) is 6.42 Å². The summed E-state index contributed by atoms with van der Waals surface area (Å²) >= 11 is 9.89. The van der Waals surface area contributed by atoms with Gasteiger partial charge < -0.3 is 5.32 Å². The Morgan fingerprint density at radius 1 is 0.971 bits per heavy atom. The van der Waals surface area contributed by atoms with E-state index in [0.717, 1.165) is 21.2 Å². The molecule has 2 N–H and O–H groups in total. The fourth-order valence-electron chi connectivity index (χ4n) is 3.89. The Hall–Kier alpha value is -2.98. The van der Waals surface area contributed by atoms with Crippen LogP contribution in [0.15, 0.2) is 88.4 Å². The van der Waals surface area contributed by atoms with Gasteiger partial charge in [-0.3, -0.25) is 0 Å². The minimum atomic E-state index is -3.64. The zero-order chi connectivity index (χ0) is 24.4. The minimum absolute atomic E-state index is 0.283. The van der Waals surface area contributed by atoms with Gasteiger partial charge in [0.2, 0.25) is 10.0 Å². The van der Waals surface area contributed by atoms with Gasteiger partial charge in [0.1, 0.15) is 5.82 Å². The first-order chi connectivity index (χ1) is 16.9. The number of halogens is 2. The molecule has 35 heavy (non-hydrogen) atoms. The lowest BCUT2D eigenvalue weighted by Gasteiger charge is -2.12. The monoisotopic (exact) mass is 569 g/mol. The highest BCUT2D eigenvalue weighted by Crippen LogP contribution is 2.30. The van der Waals surface area contributed by atoms with E-state index in [0.29, 0.717) is 34.7 Å². The predicted molar refractivity (Wildman–Crippen MR) is 143 cm³/mol. The van der Waals surface area contributed by atoms with Gasteiger partial charge in [-0.25, -0.2) is 18.1 Å². The van der Waals surface area contributed by atoms with Gasteiger partial charge in [-0.2, -0.15) is 9.61 Å². The number of anilines is 1. The summed E-state index contributed by atoms with van der Waals surface area (Å²) in [7, 11) is -3.64. The van der Waals surface area contributed by atoms with Crippen molar-refractivity contribution < 1.29 is 8.42 Å². The Morgan fingerprint density at radius 3 is 2.60 bits per heavy atom. The van der Waals surface area contributed by atoms with E-state index in [2.05, 4.69) is 31.1 Å². The molecule has 178 valence electrons. The summed E-state index contributed by atoms with van der Waals surface area (Å²) in [5.74, 6) is 0.729. The Bertz CT molecular complexity index is 1630. The summed E-state index contributed by atoms with van der Waals surface area (Å²) in [6.07, 6.45) is 2.25. The Morgan fingerprint density at radius 2 is 1.74 bits per heavy atom. The lowest BCUT2D eigenvalue weighted by molar-refractivity contribution is 0.581. The van der Waals surface area contributed by atoms with Crippen molar-refractivity contribution in [3.8, 4) is 11.3 Å². The van der Waals surface area contributed by atoms with Gasteiger partial charge in [-0.05, 0) is 39.9 Å². The summed E-state index contributed by atoms with van der Waals surface area (Å²) in [5, 5.41) is 9.93. The Balaban J connectivity index is 1.29. The van der Waals surface area contributed by atoms with E-state index < -0.39 is 10.0 Å². The van der Waals surface area contributed by atoms with Crippen molar-refractivity contribution in [2.75, 3.05) is 18.4 Å². The maximum Gasteiger partial charge on any atom is 0.241 e. The second kappa shape index (κ2) is 9.94. The third-order valence-electron chi connectivity index (χ3n) is 5.57. The highest BCUT2D eigenvalue weighted by atomic mass is 79.9.